The fraction of sp³-hybridized carbons (Fsp3) is 0.280. The average Bonchev–Trinajstić information content (AvgIpc) is 2.78. The number of halogens is 1. The van der Waals surface area contributed by atoms with Crippen molar-refractivity contribution in [2.45, 2.75) is 44.9 Å². The van der Waals surface area contributed by atoms with Crippen LogP contribution in [0, 0.1) is 0 Å². The lowest BCUT2D eigenvalue weighted by molar-refractivity contribution is 0.0936. The number of carbonyl (C=O) groups is 1. The zero-order valence-electron chi connectivity index (χ0n) is 18.0. The highest BCUT2D eigenvalue weighted by atomic mass is 19.1. The van der Waals surface area contributed by atoms with Gasteiger partial charge < -0.3 is 16.2 Å². The summed E-state index contributed by atoms with van der Waals surface area (Å²) in [5, 5.41) is 13.6. The number of aliphatic hydroxyl groups excluding tert-OH is 1. The van der Waals surface area contributed by atoms with Crippen LogP contribution in [0.15, 0.2) is 84.9 Å². The minimum absolute atomic E-state index is 0.0727. The zero-order valence-corrected chi connectivity index (χ0v) is 18.0. The zero-order chi connectivity index (χ0) is 22.8. The second-order valence-corrected chi connectivity index (χ2v) is 7.32. The van der Waals surface area contributed by atoms with E-state index in [0.29, 0.717) is 16.8 Å². The molecule has 2 rings (SSSR count). The Hall–Kier alpha value is -3.09. The molecule has 0 aliphatic heterocycles. The standard InChI is InChI=1S/C25H30FN3O2/c1-4-10-19(21(26)5-2)15-22(27)24(30)16-23-20(13-9-14-28-23)25(31)29-17(3)18-11-7-6-8-12-18/h4-14,17,22,24,30H,2,15-16,27H2,1,3H3,(H,29,31)/t17-,22-,24+/m1/s1. The van der Waals surface area contributed by atoms with Crippen molar-refractivity contribution in [2.24, 2.45) is 5.73 Å². The summed E-state index contributed by atoms with van der Waals surface area (Å²) >= 11 is 0. The van der Waals surface area contributed by atoms with Crippen LogP contribution in [0.25, 0.3) is 0 Å². The largest absolute Gasteiger partial charge is 0.391 e. The number of hydrogen-bond acceptors (Lipinski definition) is 4. The summed E-state index contributed by atoms with van der Waals surface area (Å²) in [7, 11) is 0. The molecule has 0 radical (unpaired) electrons. The molecule has 0 fully saturated rings. The van der Waals surface area contributed by atoms with Crippen molar-refractivity contribution in [3.8, 4) is 0 Å². The summed E-state index contributed by atoms with van der Waals surface area (Å²) in [6, 6.07) is 12.0. The van der Waals surface area contributed by atoms with Gasteiger partial charge in [-0.2, -0.15) is 0 Å². The number of aliphatic hydroxyl groups is 1. The van der Waals surface area contributed by atoms with Crippen LogP contribution in [0.3, 0.4) is 0 Å². The minimum Gasteiger partial charge on any atom is -0.391 e. The smallest absolute Gasteiger partial charge is 0.253 e. The van der Waals surface area contributed by atoms with E-state index in [1.54, 1.807) is 37.4 Å². The number of amides is 1. The van der Waals surface area contributed by atoms with Gasteiger partial charge in [0.25, 0.3) is 5.91 Å². The van der Waals surface area contributed by atoms with Crippen molar-refractivity contribution in [3.63, 3.8) is 0 Å². The first-order valence-electron chi connectivity index (χ1n) is 10.2. The van der Waals surface area contributed by atoms with E-state index in [4.69, 9.17) is 5.73 Å². The summed E-state index contributed by atoms with van der Waals surface area (Å²) < 4.78 is 14.0. The Morgan fingerprint density at radius 1 is 1.29 bits per heavy atom. The molecule has 1 aromatic heterocycles. The quantitative estimate of drug-likeness (QED) is 0.500. The summed E-state index contributed by atoms with van der Waals surface area (Å²) in [6.07, 6.45) is 5.18. The predicted molar refractivity (Wildman–Crippen MR) is 122 cm³/mol. The summed E-state index contributed by atoms with van der Waals surface area (Å²) in [6.45, 7) is 7.11. The molecule has 1 heterocycles. The Labute approximate surface area is 183 Å². The van der Waals surface area contributed by atoms with Crippen molar-refractivity contribution in [2.75, 3.05) is 0 Å². The number of aromatic nitrogens is 1. The highest BCUT2D eigenvalue weighted by Crippen LogP contribution is 2.19. The Kier molecular flexibility index (Phi) is 9.31. The van der Waals surface area contributed by atoms with Crippen LogP contribution in [0.5, 0.6) is 0 Å². The molecule has 0 saturated carbocycles. The van der Waals surface area contributed by atoms with Gasteiger partial charge in [0, 0.05) is 18.7 Å². The molecule has 0 bridgehead atoms. The van der Waals surface area contributed by atoms with E-state index < -0.39 is 18.0 Å². The normalized spacial score (nSPS) is 15.1. The first-order valence-corrected chi connectivity index (χ1v) is 10.2. The molecular weight excluding hydrogens is 393 g/mol. The van der Waals surface area contributed by atoms with Gasteiger partial charge in [-0.3, -0.25) is 9.78 Å². The van der Waals surface area contributed by atoms with Gasteiger partial charge in [0.1, 0.15) is 5.83 Å². The third-order valence-corrected chi connectivity index (χ3v) is 4.99. The molecule has 4 N–H and O–H groups in total. The molecule has 1 aromatic carbocycles. The number of hydrogen-bond donors (Lipinski definition) is 3. The van der Waals surface area contributed by atoms with E-state index in [-0.39, 0.29) is 24.8 Å². The first-order chi connectivity index (χ1) is 14.9. The average molecular weight is 424 g/mol. The molecule has 6 heteroatoms. The van der Waals surface area contributed by atoms with Gasteiger partial charge >= 0.3 is 0 Å². The molecule has 1 amide bonds. The summed E-state index contributed by atoms with van der Waals surface area (Å²) in [5.41, 5.74) is 8.27. The fourth-order valence-electron chi connectivity index (χ4n) is 3.22. The number of allylic oxidation sites excluding steroid dienone is 4. The molecule has 0 aliphatic carbocycles. The first kappa shape index (κ1) is 24.2. The Morgan fingerprint density at radius 2 is 2.00 bits per heavy atom. The van der Waals surface area contributed by atoms with Crippen LogP contribution in [0.4, 0.5) is 4.39 Å². The predicted octanol–water partition coefficient (Wildman–Crippen LogP) is 4.18. The number of benzene rings is 1. The van der Waals surface area contributed by atoms with E-state index in [0.717, 1.165) is 11.6 Å². The number of nitrogens with one attached hydrogen (secondary N) is 1. The maximum absolute atomic E-state index is 14.0. The molecule has 0 saturated heterocycles. The van der Waals surface area contributed by atoms with Gasteiger partial charge in [0.2, 0.25) is 0 Å². The third kappa shape index (κ3) is 6.98. The SMILES string of the molecule is C=CC(F)=C(C=CC)C[C@@H](N)[C@@H](O)Cc1ncccc1C(=O)N[C@H](C)c1ccccc1. The van der Waals surface area contributed by atoms with E-state index >= 15 is 0 Å². The van der Waals surface area contributed by atoms with E-state index in [9.17, 15) is 14.3 Å². The molecule has 0 spiro atoms. The van der Waals surface area contributed by atoms with Crippen molar-refractivity contribution in [3.05, 3.63) is 102 Å². The van der Waals surface area contributed by atoms with E-state index in [1.165, 1.54) is 0 Å². The highest BCUT2D eigenvalue weighted by molar-refractivity contribution is 5.95. The van der Waals surface area contributed by atoms with Crippen LogP contribution in [0.1, 0.15) is 47.9 Å². The molecule has 0 aliphatic rings. The number of nitrogens with two attached hydrogens (primary N) is 1. The van der Waals surface area contributed by atoms with E-state index in [1.807, 2.05) is 37.3 Å². The summed E-state index contributed by atoms with van der Waals surface area (Å²) in [4.78, 5) is 17.1. The number of pyridine rings is 1. The van der Waals surface area contributed by atoms with Crippen LogP contribution in [-0.2, 0) is 6.42 Å². The van der Waals surface area contributed by atoms with Gasteiger partial charge in [-0.15, -0.1) is 0 Å². The monoisotopic (exact) mass is 423 g/mol. The van der Waals surface area contributed by atoms with Crippen molar-refractivity contribution >= 4 is 5.91 Å². The van der Waals surface area contributed by atoms with Gasteiger partial charge in [0.15, 0.2) is 0 Å². The second kappa shape index (κ2) is 11.9. The van der Waals surface area contributed by atoms with Crippen molar-refractivity contribution in [1.82, 2.24) is 10.3 Å². The third-order valence-electron chi connectivity index (χ3n) is 4.99. The van der Waals surface area contributed by atoms with Crippen molar-refractivity contribution < 1.29 is 14.3 Å². The number of carbonyl (C=O) groups excluding carboxylic acids is 1. The van der Waals surface area contributed by atoms with Crippen LogP contribution in [-0.4, -0.2) is 28.1 Å². The molecular formula is C25H30FN3O2. The number of nitrogens with zero attached hydrogens (tertiary/aromatic N) is 1. The number of rotatable bonds is 10. The van der Waals surface area contributed by atoms with Crippen LogP contribution in [0.2, 0.25) is 0 Å². The Balaban J connectivity index is 2.12. The topological polar surface area (TPSA) is 88.2 Å². The van der Waals surface area contributed by atoms with Gasteiger partial charge in [0.05, 0.1) is 23.4 Å². The summed E-state index contributed by atoms with van der Waals surface area (Å²) in [5.74, 6) is -0.763. The van der Waals surface area contributed by atoms with Crippen molar-refractivity contribution in [1.29, 1.82) is 0 Å². The lowest BCUT2D eigenvalue weighted by Crippen LogP contribution is -2.37. The minimum atomic E-state index is -1.01. The fourth-order valence-corrected chi connectivity index (χ4v) is 3.22. The van der Waals surface area contributed by atoms with Gasteiger partial charge in [-0.05, 0) is 49.6 Å². The van der Waals surface area contributed by atoms with Gasteiger partial charge in [-0.1, -0.05) is 49.1 Å². The van der Waals surface area contributed by atoms with Crippen LogP contribution >= 0.6 is 0 Å². The van der Waals surface area contributed by atoms with Crippen LogP contribution < -0.4 is 11.1 Å². The lowest BCUT2D eigenvalue weighted by atomic mass is 9.96. The lowest BCUT2D eigenvalue weighted by Gasteiger charge is -2.21. The Bertz CT molecular complexity index is 941. The molecule has 3 atom stereocenters. The second-order valence-electron chi connectivity index (χ2n) is 7.32. The molecule has 0 unspecified atom stereocenters. The van der Waals surface area contributed by atoms with Gasteiger partial charge in [-0.25, -0.2) is 4.39 Å². The molecule has 31 heavy (non-hydrogen) atoms. The molecule has 5 nitrogen and oxygen atoms in total. The van der Waals surface area contributed by atoms with E-state index in [2.05, 4.69) is 16.9 Å². The maximum atomic E-state index is 14.0. The highest BCUT2D eigenvalue weighted by Gasteiger charge is 2.22. The Morgan fingerprint density at radius 3 is 2.65 bits per heavy atom. The maximum Gasteiger partial charge on any atom is 0.253 e. The molecule has 164 valence electrons. The molecule has 2 aromatic rings.